The standard InChI is InChI=1S/C31H48O4/c1-5-23(3)12-8-7-9-14-26-15-10-13-24(4)18-27-16-11-17-28(33-27)21-29-19-25(6-2)20-30(34-29)22-31(32)35-26/h6-9,12,14,24,26-30H,5,10-11,13,15-22H2,1-4H3. The fraction of sp³-hybridized carbons (Fsp3) is 0.710. The van der Waals surface area contributed by atoms with Crippen molar-refractivity contribution in [3.63, 3.8) is 0 Å². The molecule has 0 radical (unpaired) electrons. The van der Waals surface area contributed by atoms with Gasteiger partial charge in [-0.15, -0.1) is 0 Å². The zero-order valence-corrected chi connectivity index (χ0v) is 22.5. The van der Waals surface area contributed by atoms with Crippen molar-refractivity contribution < 1.29 is 19.0 Å². The van der Waals surface area contributed by atoms with Gasteiger partial charge in [0, 0.05) is 6.42 Å². The first-order valence-corrected chi connectivity index (χ1v) is 14.1. The number of rotatable bonds is 4. The number of cyclic esters (lactones) is 1. The molecule has 196 valence electrons. The number of carbonyl (C=O) groups excluding carboxylic acids is 1. The molecule has 0 aromatic rings. The normalized spacial score (nSPS) is 35.5. The van der Waals surface area contributed by atoms with Gasteiger partial charge in [0.05, 0.1) is 30.8 Å². The second-order valence-electron chi connectivity index (χ2n) is 10.9. The molecule has 3 rings (SSSR count). The molecule has 6 unspecified atom stereocenters. The van der Waals surface area contributed by atoms with Crippen LogP contribution in [0.15, 0.2) is 47.6 Å². The van der Waals surface area contributed by atoms with Gasteiger partial charge in [-0.1, -0.05) is 61.8 Å². The maximum absolute atomic E-state index is 12.9. The van der Waals surface area contributed by atoms with Crippen LogP contribution in [0.2, 0.25) is 0 Å². The van der Waals surface area contributed by atoms with Gasteiger partial charge in [-0.25, -0.2) is 0 Å². The average Bonchev–Trinajstić information content (AvgIpc) is 2.82. The van der Waals surface area contributed by atoms with Crippen molar-refractivity contribution in [2.24, 2.45) is 5.92 Å². The van der Waals surface area contributed by atoms with Gasteiger partial charge in [0.1, 0.15) is 6.10 Å². The van der Waals surface area contributed by atoms with Crippen molar-refractivity contribution in [3.05, 3.63) is 47.6 Å². The fourth-order valence-electron chi connectivity index (χ4n) is 5.57. The van der Waals surface area contributed by atoms with E-state index in [0.29, 0.717) is 18.4 Å². The molecule has 0 aliphatic carbocycles. The Morgan fingerprint density at radius 3 is 2.37 bits per heavy atom. The molecule has 3 saturated heterocycles. The van der Waals surface area contributed by atoms with Crippen molar-refractivity contribution in [3.8, 4) is 0 Å². The lowest BCUT2D eigenvalue weighted by molar-refractivity contribution is -0.154. The molecule has 0 spiro atoms. The molecule has 4 heteroatoms. The zero-order chi connectivity index (χ0) is 25.0. The summed E-state index contributed by atoms with van der Waals surface area (Å²) in [6.45, 7) is 8.73. The van der Waals surface area contributed by atoms with E-state index in [9.17, 15) is 4.79 Å². The van der Waals surface area contributed by atoms with E-state index in [2.05, 4.69) is 45.9 Å². The number of ether oxygens (including phenoxy) is 3. The maximum Gasteiger partial charge on any atom is 0.309 e. The monoisotopic (exact) mass is 484 g/mol. The topological polar surface area (TPSA) is 44.8 Å². The van der Waals surface area contributed by atoms with Crippen molar-refractivity contribution in [1.82, 2.24) is 0 Å². The van der Waals surface area contributed by atoms with Crippen LogP contribution in [0.1, 0.15) is 105 Å². The molecule has 3 fully saturated rings. The summed E-state index contributed by atoms with van der Waals surface area (Å²) in [5, 5.41) is 0. The number of carbonyl (C=O) groups is 1. The van der Waals surface area contributed by atoms with Gasteiger partial charge in [0.2, 0.25) is 0 Å². The Morgan fingerprint density at radius 2 is 1.60 bits per heavy atom. The summed E-state index contributed by atoms with van der Waals surface area (Å²) < 4.78 is 18.9. The van der Waals surface area contributed by atoms with E-state index < -0.39 is 0 Å². The summed E-state index contributed by atoms with van der Waals surface area (Å²) in [7, 11) is 0. The summed E-state index contributed by atoms with van der Waals surface area (Å²) in [6.07, 6.45) is 24.7. The van der Waals surface area contributed by atoms with Crippen LogP contribution in [0.25, 0.3) is 0 Å². The number of hydrogen-bond acceptors (Lipinski definition) is 4. The summed E-state index contributed by atoms with van der Waals surface area (Å²) in [5.74, 6) is 0.458. The molecule has 3 heterocycles. The van der Waals surface area contributed by atoms with E-state index in [1.54, 1.807) is 0 Å². The highest BCUT2D eigenvalue weighted by Crippen LogP contribution is 2.33. The van der Waals surface area contributed by atoms with Gasteiger partial charge >= 0.3 is 5.97 Å². The Kier molecular flexibility index (Phi) is 11.8. The van der Waals surface area contributed by atoms with Crippen LogP contribution in [-0.4, -0.2) is 36.5 Å². The highest BCUT2D eigenvalue weighted by Gasteiger charge is 2.32. The van der Waals surface area contributed by atoms with Gasteiger partial charge < -0.3 is 14.2 Å². The average molecular weight is 485 g/mol. The van der Waals surface area contributed by atoms with Crippen LogP contribution in [0.5, 0.6) is 0 Å². The molecule has 0 aromatic heterocycles. The van der Waals surface area contributed by atoms with E-state index in [4.69, 9.17) is 14.2 Å². The van der Waals surface area contributed by atoms with E-state index in [1.807, 2.05) is 18.2 Å². The van der Waals surface area contributed by atoms with E-state index in [0.717, 1.165) is 57.8 Å². The summed E-state index contributed by atoms with van der Waals surface area (Å²) in [4.78, 5) is 12.9. The minimum Gasteiger partial charge on any atom is -0.458 e. The molecule has 3 aliphatic heterocycles. The van der Waals surface area contributed by atoms with E-state index in [1.165, 1.54) is 24.0 Å². The molecule has 4 bridgehead atoms. The quantitative estimate of drug-likeness (QED) is 0.232. The van der Waals surface area contributed by atoms with Gasteiger partial charge in [0.15, 0.2) is 0 Å². The largest absolute Gasteiger partial charge is 0.458 e. The summed E-state index contributed by atoms with van der Waals surface area (Å²) >= 11 is 0. The molecular formula is C31H48O4. The predicted molar refractivity (Wildman–Crippen MR) is 143 cm³/mol. The highest BCUT2D eigenvalue weighted by molar-refractivity contribution is 5.70. The zero-order valence-electron chi connectivity index (χ0n) is 22.5. The first-order valence-electron chi connectivity index (χ1n) is 14.1. The Hall–Kier alpha value is -1.65. The Balaban J connectivity index is 1.70. The maximum atomic E-state index is 12.9. The smallest absolute Gasteiger partial charge is 0.309 e. The second-order valence-corrected chi connectivity index (χ2v) is 10.9. The summed E-state index contributed by atoms with van der Waals surface area (Å²) in [5.41, 5.74) is 2.73. The first kappa shape index (κ1) is 27.9. The SMILES string of the molecule is CC=C1CC2CC(=O)OC(C=CC=CC=C(C)CC)CCCC(C)CC3CCCC(CC(C1)O2)O3. The molecule has 4 nitrogen and oxygen atoms in total. The Bertz CT molecular complexity index is 777. The van der Waals surface area contributed by atoms with E-state index >= 15 is 0 Å². The summed E-state index contributed by atoms with van der Waals surface area (Å²) in [6, 6.07) is 0. The Morgan fingerprint density at radius 1 is 0.886 bits per heavy atom. The molecule has 6 atom stereocenters. The van der Waals surface area contributed by atoms with Gasteiger partial charge in [-0.3, -0.25) is 4.79 Å². The molecular weight excluding hydrogens is 436 g/mol. The third-order valence-corrected chi connectivity index (χ3v) is 7.75. The van der Waals surface area contributed by atoms with Crippen molar-refractivity contribution >= 4 is 5.97 Å². The van der Waals surface area contributed by atoms with Crippen molar-refractivity contribution in [2.75, 3.05) is 0 Å². The van der Waals surface area contributed by atoms with Crippen LogP contribution in [0.4, 0.5) is 0 Å². The number of allylic oxidation sites excluding steroid dienone is 6. The Labute approximate surface area is 213 Å². The van der Waals surface area contributed by atoms with Crippen molar-refractivity contribution in [1.29, 1.82) is 0 Å². The van der Waals surface area contributed by atoms with Gasteiger partial charge in [-0.05, 0) is 83.6 Å². The number of hydrogen-bond donors (Lipinski definition) is 0. The van der Waals surface area contributed by atoms with E-state index in [-0.39, 0.29) is 30.4 Å². The number of fused-ring (bicyclic) bond motifs is 4. The molecule has 0 aromatic carbocycles. The number of esters is 1. The lowest BCUT2D eigenvalue weighted by Gasteiger charge is -2.37. The lowest BCUT2D eigenvalue weighted by Crippen LogP contribution is -2.37. The van der Waals surface area contributed by atoms with Crippen molar-refractivity contribution in [2.45, 2.75) is 135 Å². The molecule has 0 N–H and O–H groups in total. The predicted octanol–water partition coefficient (Wildman–Crippen LogP) is 7.79. The first-order chi connectivity index (χ1) is 16.9. The van der Waals surface area contributed by atoms with Gasteiger partial charge in [0.25, 0.3) is 0 Å². The van der Waals surface area contributed by atoms with Crippen LogP contribution in [0.3, 0.4) is 0 Å². The fourth-order valence-corrected chi connectivity index (χ4v) is 5.57. The molecule has 0 saturated carbocycles. The third-order valence-electron chi connectivity index (χ3n) is 7.75. The van der Waals surface area contributed by atoms with Gasteiger partial charge in [-0.2, -0.15) is 0 Å². The van der Waals surface area contributed by atoms with Crippen LogP contribution >= 0.6 is 0 Å². The molecule has 3 aliphatic rings. The highest BCUT2D eigenvalue weighted by atomic mass is 16.5. The second kappa shape index (κ2) is 14.8. The van der Waals surface area contributed by atoms with Crippen LogP contribution < -0.4 is 0 Å². The minimum atomic E-state index is -0.195. The molecule has 35 heavy (non-hydrogen) atoms. The minimum absolute atomic E-state index is 0.105. The lowest BCUT2D eigenvalue weighted by atomic mass is 9.89. The third kappa shape index (κ3) is 10.1. The van der Waals surface area contributed by atoms with Crippen LogP contribution in [-0.2, 0) is 19.0 Å². The molecule has 0 amide bonds. The van der Waals surface area contributed by atoms with Crippen LogP contribution in [0, 0.1) is 5.92 Å².